The number of methoxy groups -OCH3 is 1. The number of aryl methyl sites for hydroxylation is 1. The fraction of sp³-hybridized carbons (Fsp3) is 0.235. The van der Waals surface area contributed by atoms with E-state index in [1.165, 1.54) is 0 Å². The van der Waals surface area contributed by atoms with E-state index in [1.807, 2.05) is 35.0 Å². The maximum Gasteiger partial charge on any atom is 0.303 e. The van der Waals surface area contributed by atoms with Gasteiger partial charge in [0.2, 0.25) is 0 Å². The third-order valence-electron chi connectivity index (χ3n) is 3.49. The van der Waals surface area contributed by atoms with E-state index in [4.69, 9.17) is 4.74 Å². The number of benzene rings is 1. The summed E-state index contributed by atoms with van der Waals surface area (Å²) >= 11 is 1.58. The average Bonchev–Trinajstić information content (AvgIpc) is 3.04. The molecule has 0 unspecified atom stereocenters. The van der Waals surface area contributed by atoms with Crippen molar-refractivity contribution in [2.45, 2.75) is 12.8 Å². The van der Waals surface area contributed by atoms with Gasteiger partial charge in [0.05, 0.1) is 7.11 Å². The van der Waals surface area contributed by atoms with Gasteiger partial charge in [-0.2, -0.15) is 11.3 Å². The fourth-order valence-electron chi connectivity index (χ4n) is 2.44. The van der Waals surface area contributed by atoms with E-state index >= 15 is 0 Å². The number of rotatable bonds is 1. The fourth-order valence-corrected chi connectivity index (χ4v) is 3.03. The Morgan fingerprint density at radius 1 is 1.38 bits per heavy atom. The Morgan fingerprint density at radius 3 is 3.05 bits per heavy atom. The van der Waals surface area contributed by atoms with Gasteiger partial charge in [-0.1, -0.05) is 5.92 Å². The van der Waals surface area contributed by atoms with Crippen molar-refractivity contribution in [3.8, 4) is 17.6 Å². The number of carbonyl (C=O) groups is 1. The van der Waals surface area contributed by atoms with Gasteiger partial charge in [0.15, 0.2) is 0 Å². The molecule has 21 heavy (non-hydrogen) atoms. The number of hydrogen-bond acceptors (Lipinski definition) is 3. The molecule has 0 spiro atoms. The van der Waals surface area contributed by atoms with Gasteiger partial charge in [0.1, 0.15) is 5.75 Å². The van der Waals surface area contributed by atoms with E-state index < -0.39 is 0 Å². The van der Waals surface area contributed by atoms with Crippen LogP contribution in [0.15, 0.2) is 35.0 Å². The van der Waals surface area contributed by atoms with E-state index in [2.05, 4.69) is 11.8 Å². The highest BCUT2D eigenvalue weighted by molar-refractivity contribution is 7.08. The summed E-state index contributed by atoms with van der Waals surface area (Å²) in [4.78, 5) is 14.1. The van der Waals surface area contributed by atoms with Gasteiger partial charge in [-0.25, -0.2) is 0 Å². The van der Waals surface area contributed by atoms with Gasteiger partial charge in [0, 0.05) is 29.1 Å². The molecule has 1 amide bonds. The molecule has 0 radical (unpaired) electrons. The zero-order chi connectivity index (χ0) is 14.7. The lowest BCUT2D eigenvalue weighted by Gasteiger charge is -2.28. The number of thiophene rings is 1. The van der Waals surface area contributed by atoms with Crippen LogP contribution in [0.1, 0.15) is 17.5 Å². The SMILES string of the molecule is COc1ccc2c(c1)CCCN2C(=O)C#Cc1ccsc1. The molecule has 0 bridgehead atoms. The van der Waals surface area contributed by atoms with E-state index in [1.54, 1.807) is 23.3 Å². The van der Waals surface area contributed by atoms with Crippen molar-refractivity contribution in [1.82, 2.24) is 0 Å². The molecule has 1 aromatic carbocycles. The number of ether oxygens (including phenoxy) is 1. The molecule has 1 aliphatic rings. The molecule has 0 N–H and O–H groups in total. The predicted molar refractivity (Wildman–Crippen MR) is 84.9 cm³/mol. The van der Waals surface area contributed by atoms with Crippen molar-refractivity contribution in [2.75, 3.05) is 18.6 Å². The van der Waals surface area contributed by atoms with Gasteiger partial charge in [-0.05, 0) is 48.1 Å². The van der Waals surface area contributed by atoms with Crippen LogP contribution < -0.4 is 9.64 Å². The first-order chi connectivity index (χ1) is 10.3. The highest BCUT2D eigenvalue weighted by Gasteiger charge is 2.21. The number of hydrogen-bond donors (Lipinski definition) is 0. The van der Waals surface area contributed by atoms with Crippen LogP contribution in [0.25, 0.3) is 0 Å². The van der Waals surface area contributed by atoms with Gasteiger partial charge >= 0.3 is 5.91 Å². The Hall–Kier alpha value is -2.25. The van der Waals surface area contributed by atoms with Crippen molar-refractivity contribution in [2.24, 2.45) is 0 Å². The number of amides is 1. The van der Waals surface area contributed by atoms with Crippen LogP contribution in [0.5, 0.6) is 5.75 Å². The summed E-state index contributed by atoms with van der Waals surface area (Å²) in [5.41, 5.74) is 2.98. The lowest BCUT2D eigenvalue weighted by Crippen LogP contribution is -2.34. The van der Waals surface area contributed by atoms with Crippen LogP contribution in [0, 0.1) is 11.8 Å². The second-order valence-electron chi connectivity index (χ2n) is 4.82. The summed E-state index contributed by atoms with van der Waals surface area (Å²) in [7, 11) is 1.65. The Balaban J connectivity index is 1.86. The van der Waals surface area contributed by atoms with E-state index in [0.717, 1.165) is 42.0 Å². The van der Waals surface area contributed by atoms with E-state index in [9.17, 15) is 4.79 Å². The second kappa shape index (κ2) is 6.02. The zero-order valence-corrected chi connectivity index (χ0v) is 12.6. The highest BCUT2D eigenvalue weighted by atomic mass is 32.1. The summed E-state index contributed by atoms with van der Waals surface area (Å²) in [6, 6.07) is 7.75. The minimum Gasteiger partial charge on any atom is -0.497 e. The van der Waals surface area contributed by atoms with Crippen molar-refractivity contribution in [3.63, 3.8) is 0 Å². The molecular weight excluding hydrogens is 282 g/mol. The monoisotopic (exact) mass is 297 g/mol. The number of fused-ring (bicyclic) bond motifs is 1. The third kappa shape index (κ3) is 2.93. The molecule has 0 saturated carbocycles. The molecule has 0 aliphatic carbocycles. The maximum absolute atomic E-state index is 12.3. The standard InChI is InChI=1S/C17H15NO2S/c1-20-15-5-6-16-14(11-15)3-2-9-18(16)17(19)7-4-13-8-10-21-12-13/h5-6,8,10-12H,2-3,9H2,1H3. The van der Waals surface area contributed by atoms with Gasteiger partial charge in [-0.3, -0.25) is 4.79 Å². The van der Waals surface area contributed by atoms with Gasteiger partial charge in [0.25, 0.3) is 0 Å². The van der Waals surface area contributed by atoms with Crippen LogP contribution in [-0.2, 0) is 11.2 Å². The zero-order valence-electron chi connectivity index (χ0n) is 11.8. The summed E-state index contributed by atoms with van der Waals surface area (Å²) in [6.07, 6.45) is 1.92. The smallest absolute Gasteiger partial charge is 0.303 e. The van der Waals surface area contributed by atoms with Crippen molar-refractivity contribution < 1.29 is 9.53 Å². The Bertz CT molecular complexity index is 710. The number of anilines is 1. The van der Waals surface area contributed by atoms with Crippen LogP contribution >= 0.6 is 11.3 Å². The van der Waals surface area contributed by atoms with Crippen LogP contribution in [-0.4, -0.2) is 19.6 Å². The highest BCUT2D eigenvalue weighted by Crippen LogP contribution is 2.30. The van der Waals surface area contributed by atoms with Crippen molar-refractivity contribution in [3.05, 3.63) is 46.2 Å². The normalized spacial score (nSPS) is 13.1. The van der Waals surface area contributed by atoms with Crippen LogP contribution in [0.2, 0.25) is 0 Å². The Morgan fingerprint density at radius 2 is 2.29 bits per heavy atom. The summed E-state index contributed by atoms with van der Waals surface area (Å²) < 4.78 is 5.24. The molecule has 106 valence electrons. The molecular formula is C17H15NO2S. The second-order valence-corrected chi connectivity index (χ2v) is 5.60. The molecule has 2 heterocycles. The third-order valence-corrected chi connectivity index (χ3v) is 4.17. The van der Waals surface area contributed by atoms with E-state index in [0.29, 0.717) is 0 Å². The number of carbonyl (C=O) groups excluding carboxylic acids is 1. The first-order valence-corrected chi connectivity index (χ1v) is 7.75. The molecule has 0 fully saturated rings. The maximum atomic E-state index is 12.3. The largest absolute Gasteiger partial charge is 0.497 e. The summed E-state index contributed by atoms with van der Waals surface area (Å²) in [5.74, 6) is 6.34. The number of nitrogens with zero attached hydrogens (tertiary/aromatic N) is 1. The molecule has 3 nitrogen and oxygen atoms in total. The van der Waals surface area contributed by atoms with Crippen molar-refractivity contribution >= 4 is 22.9 Å². The molecule has 3 rings (SSSR count). The average molecular weight is 297 g/mol. The summed E-state index contributed by atoms with van der Waals surface area (Å²) in [5, 5.41) is 3.90. The topological polar surface area (TPSA) is 29.5 Å². The molecule has 1 aromatic heterocycles. The summed E-state index contributed by atoms with van der Waals surface area (Å²) in [6.45, 7) is 0.719. The first-order valence-electron chi connectivity index (χ1n) is 6.80. The molecule has 0 atom stereocenters. The van der Waals surface area contributed by atoms with E-state index in [-0.39, 0.29) is 5.91 Å². The van der Waals surface area contributed by atoms with Crippen molar-refractivity contribution in [1.29, 1.82) is 0 Å². The van der Waals surface area contributed by atoms with Crippen LogP contribution in [0.4, 0.5) is 5.69 Å². The minimum atomic E-state index is -0.146. The lowest BCUT2D eigenvalue weighted by atomic mass is 10.0. The molecule has 1 aliphatic heterocycles. The Labute approximate surface area is 128 Å². The van der Waals surface area contributed by atoms with Crippen LogP contribution in [0.3, 0.4) is 0 Å². The van der Waals surface area contributed by atoms with Gasteiger partial charge < -0.3 is 9.64 Å². The minimum absolute atomic E-state index is 0.146. The molecule has 0 saturated heterocycles. The molecule has 2 aromatic rings. The Kier molecular flexibility index (Phi) is 3.94. The molecule has 4 heteroatoms. The lowest BCUT2D eigenvalue weighted by molar-refractivity contribution is -0.113. The predicted octanol–water partition coefficient (Wildman–Crippen LogP) is 3.09. The first kappa shape index (κ1) is 13.7. The quantitative estimate of drug-likeness (QED) is 0.757. The van der Waals surface area contributed by atoms with Gasteiger partial charge in [-0.15, -0.1) is 0 Å².